The molecule has 1 aromatic rings. The van der Waals surface area contributed by atoms with E-state index in [1.165, 1.54) is 18.7 Å². The zero-order valence-corrected chi connectivity index (χ0v) is 13.4. The van der Waals surface area contributed by atoms with Crippen LogP contribution in [0.3, 0.4) is 0 Å². The van der Waals surface area contributed by atoms with Crippen LogP contribution < -0.4 is 0 Å². The first-order valence-corrected chi connectivity index (χ1v) is 9.34. The Bertz CT molecular complexity index is 746. The molecule has 7 nitrogen and oxygen atoms in total. The summed E-state index contributed by atoms with van der Waals surface area (Å²) in [7, 11) is -3.06. The van der Waals surface area contributed by atoms with Crippen LogP contribution in [-0.4, -0.2) is 58.5 Å². The number of rotatable bonds is 2. The maximum atomic E-state index is 11.8. The second-order valence-electron chi connectivity index (χ2n) is 5.08. The highest BCUT2D eigenvalue weighted by Crippen LogP contribution is 2.38. The minimum Gasteiger partial charge on any atom is -0.273 e. The van der Waals surface area contributed by atoms with Gasteiger partial charge in [0.1, 0.15) is 0 Å². The van der Waals surface area contributed by atoms with Crippen LogP contribution in [0.1, 0.15) is 12.5 Å². The van der Waals surface area contributed by atoms with E-state index in [0.29, 0.717) is 5.17 Å². The number of hydrogen-bond donors (Lipinski definition) is 0. The minimum atomic E-state index is -3.06. The minimum absolute atomic E-state index is 0.0370. The van der Waals surface area contributed by atoms with Gasteiger partial charge in [-0.15, -0.1) is 0 Å². The summed E-state index contributed by atoms with van der Waals surface area (Å²) in [6, 6.07) is 3.31. The molecule has 1 amide bonds. The van der Waals surface area contributed by atoms with Gasteiger partial charge in [-0.25, -0.2) is 13.4 Å². The Hall–Kier alpha value is -1.74. The molecule has 2 saturated heterocycles. The molecule has 0 aromatic carbocycles. The summed E-state index contributed by atoms with van der Waals surface area (Å²) in [6.45, 7) is 1.36. The molecule has 0 bridgehead atoms. The first kappa shape index (κ1) is 15.2. The van der Waals surface area contributed by atoms with Crippen molar-refractivity contribution in [3.8, 4) is 0 Å². The highest BCUT2D eigenvalue weighted by Gasteiger charge is 2.49. The fraction of sp³-hybridized carbons (Fsp3) is 0.385. The molecule has 2 atom stereocenters. The van der Waals surface area contributed by atoms with Gasteiger partial charge in [-0.2, -0.15) is 10.1 Å². The van der Waals surface area contributed by atoms with Crippen LogP contribution in [0.25, 0.3) is 0 Å². The van der Waals surface area contributed by atoms with Gasteiger partial charge >= 0.3 is 0 Å². The smallest absolute Gasteiger partial charge is 0.245 e. The van der Waals surface area contributed by atoms with Crippen molar-refractivity contribution in [3.05, 3.63) is 30.1 Å². The lowest BCUT2D eigenvalue weighted by Gasteiger charge is -2.17. The van der Waals surface area contributed by atoms with Crippen LogP contribution in [-0.2, 0) is 14.6 Å². The standard InChI is InChI=1S/C13H14N4O3S2/c1-9(18)16-13-17(15-6-10-2-4-14-5-3-10)11-7-22(19,20)8-12(11)21-13/h2-6,11-12H,7-8H2,1H3. The van der Waals surface area contributed by atoms with Crippen LogP contribution in [0.15, 0.2) is 34.6 Å². The number of carbonyl (C=O) groups excluding carboxylic acids is 1. The van der Waals surface area contributed by atoms with E-state index in [-0.39, 0.29) is 28.7 Å². The molecule has 1 aromatic heterocycles. The van der Waals surface area contributed by atoms with Crippen LogP contribution in [0.5, 0.6) is 0 Å². The summed E-state index contributed by atoms with van der Waals surface area (Å²) >= 11 is 1.30. The molecule has 0 saturated carbocycles. The number of hydrazone groups is 1. The molecular weight excluding hydrogens is 324 g/mol. The van der Waals surface area contributed by atoms with E-state index < -0.39 is 9.84 Å². The number of sulfone groups is 1. The lowest BCUT2D eigenvalue weighted by atomic mass is 10.2. The summed E-state index contributed by atoms with van der Waals surface area (Å²) in [5.41, 5.74) is 0.839. The average Bonchev–Trinajstić information content (AvgIpc) is 2.88. The van der Waals surface area contributed by atoms with Crippen molar-refractivity contribution >= 4 is 38.9 Å². The predicted octanol–water partition coefficient (Wildman–Crippen LogP) is 0.532. The average molecular weight is 338 g/mol. The molecule has 2 aliphatic heterocycles. The molecule has 0 aliphatic carbocycles. The zero-order valence-electron chi connectivity index (χ0n) is 11.8. The highest BCUT2D eigenvalue weighted by molar-refractivity contribution is 8.15. The SMILES string of the molecule is CC(=O)N=C1SC2CS(=O)(=O)CC2N1N=Cc1ccncc1. The maximum absolute atomic E-state index is 11.8. The lowest BCUT2D eigenvalue weighted by Crippen LogP contribution is -2.33. The quantitative estimate of drug-likeness (QED) is 0.731. The van der Waals surface area contributed by atoms with Gasteiger partial charge in [-0.05, 0) is 17.7 Å². The number of hydrogen-bond acceptors (Lipinski definition) is 6. The van der Waals surface area contributed by atoms with E-state index in [4.69, 9.17) is 0 Å². The topological polar surface area (TPSA) is 92.1 Å². The number of pyridine rings is 1. The summed E-state index contributed by atoms with van der Waals surface area (Å²) in [4.78, 5) is 19.1. The van der Waals surface area contributed by atoms with Crippen LogP contribution in [0.2, 0.25) is 0 Å². The number of fused-ring (bicyclic) bond motifs is 1. The molecular formula is C13H14N4O3S2. The molecule has 0 spiro atoms. The Morgan fingerprint density at radius 2 is 2.14 bits per heavy atom. The van der Waals surface area contributed by atoms with E-state index in [1.54, 1.807) is 35.7 Å². The Kier molecular flexibility index (Phi) is 4.00. The van der Waals surface area contributed by atoms with Gasteiger partial charge in [0.25, 0.3) is 0 Å². The number of thioether (sulfide) groups is 1. The Morgan fingerprint density at radius 3 is 2.82 bits per heavy atom. The summed E-state index contributed by atoms with van der Waals surface area (Å²) in [6.07, 6.45) is 4.91. The number of amidine groups is 1. The molecule has 9 heteroatoms. The largest absolute Gasteiger partial charge is 0.273 e. The van der Waals surface area contributed by atoms with Gasteiger partial charge in [0.15, 0.2) is 15.0 Å². The molecule has 116 valence electrons. The van der Waals surface area contributed by atoms with Crippen molar-refractivity contribution in [2.45, 2.75) is 18.2 Å². The molecule has 2 fully saturated rings. The Balaban J connectivity index is 1.89. The second kappa shape index (κ2) is 5.81. The van der Waals surface area contributed by atoms with Crippen molar-refractivity contribution in [3.63, 3.8) is 0 Å². The highest BCUT2D eigenvalue weighted by atomic mass is 32.2. The zero-order chi connectivity index (χ0) is 15.7. The third-order valence-electron chi connectivity index (χ3n) is 3.33. The van der Waals surface area contributed by atoms with E-state index in [9.17, 15) is 13.2 Å². The van der Waals surface area contributed by atoms with Gasteiger partial charge in [-0.3, -0.25) is 9.78 Å². The second-order valence-corrected chi connectivity index (χ2v) is 8.44. The Morgan fingerprint density at radius 1 is 1.41 bits per heavy atom. The van der Waals surface area contributed by atoms with Crippen LogP contribution in [0.4, 0.5) is 0 Å². The monoisotopic (exact) mass is 338 g/mol. The normalized spacial score (nSPS) is 28.4. The Labute approximate surface area is 132 Å². The molecule has 2 aliphatic rings. The molecule has 3 rings (SSSR count). The van der Waals surface area contributed by atoms with Gasteiger partial charge in [0, 0.05) is 19.3 Å². The summed E-state index contributed by atoms with van der Waals surface area (Å²) in [5, 5.41) is 6.24. The molecule has 22 heavy (non-hydrogen) atoms. The molecule has 0 radical (unpaired) electrons. The maximum Gasteiger partial charge on any atom is 0.245 e. The van der Waals surface area contributed by atoms with E-state index in [2.05, 4.69) is 15.1 Å². The molecule has 2 unspecified atom stereocenters. The van der Waals surface area contributed by atoms with Crippen molar-refractivity contribution < 1.29 is 13.2 Å². The first-order chi connectivity index (χ1) is 10.4. The van der Waals surface area contributed by atoms with Crippen molar-refractivity contribution in [2.24, 2.45) is 10.1 Å². The number of aromatic nitrogens is 1. The van der Waals surface area contributed by atoms with Crippen LogP contribution >= 0.6 is 11.8 Å². The van der Waals surface area contributed by atoms with Gasteiger partial charge in [-0.1, -0.05) is 11.8 Å². The summed E-state index contributed by atoms with van der Waals surface area (Å²) in [5.74, 6) is -0.190. The van der Waals surface area contributed by atoms with Crippen molar-refractivity contribution in [2.75, 3.05) is 11.5 Å². The van der Waals surface area contributed by atoms with Crippen LogP contribution in [0, 0.1) is 0 Å². The van der Waals surface area contributed by atoms with E-state index in [0.717, 1.165) is 5.56 Å². The van der Waals surface area contributed by atoms with Crippen molar-refractivity contribution in [1.29, 1.82) is 0 Å². The van der Waals surface area contributed by atoms with Crippen molar-refractivity contribution in [1.82, 2.24) is 9.99 Å². The number of carbonyl (C=O) groups is 1. The fourth-order valence-corrected chi connectivity index (χ4v) is 6.27. The fourth-order valence-electron chi connectivity index (χ4n) is 2.39. The van der Waals surface area contributed by atoms with E-state index >= 15 is 0 Å². The van der Waals surface area contributed by atoms with Gasteiger partial charge in [0.2, 0.25) is 5.91 Å². The number of amides is 1. The van der Waals surface area contributed by atoms with Gasteiger partial charge < -0.3 is 0 Å². The predicted molar refractivity (Wildman–Crippen MR) is 85.6 cm³/mol. The lowest BCUT2D eigenvalue weighted by molar-refractivity contribution is -0.115. The number of nitrogens with zero attached hydrogens (tertiary/aromatic N) is 4. The molecule has 3 heterocycles. The van der Waals surface area contributed by atoms with E-state index in [1.807, 2.05) is 0 Å². The number of aliphatic imine (C=N–C) groups is 1. The van der Waals surface area contributed by atoms with Gasteiger partial charge in [0.05, 0.1) is 29.0 Å². The third-order valence-corrected chi connectivity index (χ3v) is 6.53. The summed E-state index contributed by atoms with van der Waals surface area (Å²) < 4.78 is 23.6. The first-order valence-electron chi connectivity index (χ1n) is 6.64. The molecule has 0 N–H and O–H groups in total. The third kappa shape index (κ3) is 3.20.